The minimum Gasteiger partial charge on any atom is -0.267 e. The summed E-state index contributed by atoms with van der Waals surface area (Å²) in [6.07, 6.45) is 1.26. The summed E-state index contributed by atoms with van der Waals surface area (Å²) >= 11 is 3.32. The van der Waals surface area contributed by atoms with Gasteiger partial charge in [0.2, 0.25) is 0 Å². The number of thioether (sulfide) groups is 1. The van der Waals surface area contributed by atoms with E-state index in [2.05, 4.69) is 21.6 Å². The molecular weight excluding hydrogens is 432 g/mol. The third-order valence-corrected chi connectivity index (χ3v) is 6.61. The molecule has 0 radical (unpaired) electrons. The maximum Gasteiger partial charge on any atom is 0.278 e. The van der Waals surface area contributed by atoms with Crippen molar-refractivity contribution in [2.75, 3.05) is 0 Å². The summed E-state index contributed by atoms with van der Waals surface area (Å²) < 4.78 is 2.17. The number of nitro groups is 1. The first-order valence-corrected chi connectivity index (χ1v) is 11.0. The summed E-state index contributed by atoms with van der Waals surface area (Å²) in [4.78, 5) is 27.4. The van der Waals surface area contributed by atoms with Crippen LogP contribution in [0.3, 0.4) is 0 Å². The molecule has 1 amide bonds. The summed E-state index contributed by atoms with van der Waals surface area (Å²) in [5, 5.41) is 14.9. The topological polar surface area (TPSA) is 97.5 Å². The van der Waals surface area contributed by atoms with Gasteiger partial charge >= 0.3 is 0 Å². The summed E-state index contributed by atoms with van der Waals surface area (Å²) in [7, 11) is 0. The van der Waals surface area contributed by atoms with Crippen molar-refractivity contribution in [3.8, 4) is 0 Å². The number of nitro benzene ring substituents is 1. The highest BCUT2D eigenvalue weighted by molar-refractivity contribution is 8.00. The third kappa shape index (κ3) is 5.14. The molecule has 4 rings (SSSR count). The number of aromatic nitrogens is 1. The lowest BCUT2D eigenvalue weighted by atomic mass is 10.1. The monoisotopic (exact) mass is 448 g/mol. The number of nitrogens with one attached hydrogen (secondary N) is 1. The van der Waals surface area contributed by atoms with E-state index < -0.39 is 4.92 Å². The summed E-state index contributed by atoms with van der Waals surface area (Å²) in [6, 6.07) is 21.5. The Hall–Kier alpha value is -3.56. The number of carbonyl (C=O) groups is 1. The SMILES string of the molecule is O=C(N/N=C/c1ccccc1[N+](=O)[O-])c1ccc(CSc2nc3ccccc3s2)cc1. The number of carbonyl (C=O) groups excluding carboxylic acids is 1. The van der Waals surface area contributed by atoms with E-state index in [1.807, 2.05) is 30.3 Å². The van der Waals surface area contributed by atoms with Crippen LogP contribution in [0.4, 0.5) is 5.69 Å². The summed E-state index contributed by atoms with van der Waals surface area (Å²) in [6.45, 7) is 0. The van der Waals surface area contributed by atoms with E-state index in [9.17, 15) is 14.9 Å². The molecule has 0 aliphatic rings. The predicted molar refractivity (Wildman–Crippen MR) is 124 cm³/mol. The van der Waals surface area contributed by atoms with Crippen LogP contribution in [-0.4, -0.2) is 22.0 Å². The molecule has 7 nitrogen and oxygen atoms in total. The normalized spacial score (nSPS) is 11.1. The second-order valence-electron chi connectivity index (χ2n) is 6.45. The molecule has 0 atom stereocenters. The van der Waals surface area contributed by atoms with Crippen molar-refractivity contribution in [1.82, 2.24) is 10.4 Å². The third-order valence-electron chi connectivity index (χ3n) is 4.36. The maximum absolute atomic E-state index is 12.3. The number of fused-ring (bicyclic) bond motifs is 1. The lowest BCUT2D eigenvalue weighted by Crippen LogP contribution is -2.17. The minimum atomic E-state index is -0.492. The molecule has 4 aromatic rings. The van der Waals surface area contributed by atoms with Crippen LogP contribution in [0.1, 0.15) is 21.5 Å². The van der Waals surface area contributed by atoms with Crippen LogP contribution in [0.25, 0.3) is 10.2 Å². The number of hydrazone groups is 1. The van der Waals surface area contributed by atoms with Gasteiger partial charge in [0, 0.05) is 17.4 Å². The quantitative estimate of drug-likeness (QED) is 0.180. The average molecular weight is 449 g/mol. The van der Waals surface area contributed by atoms with Crippen LogP contribution in [0.5, 0.6) is 0 Å². The zero-order valence-corrected chi connectivity index (χ0v) is 17.7. The molecule has 0 unspecified atom stereocenters. The number of rotatable bonds is 7. The molecule has 154 valence electrons. The number of benzene rings is 3. The molecule has 0 saturated heterocycles. The first-order valence-electron chi connectivity index (χ1n) is 9.24. The smallest absolute Gasteiger partial charge is 0.267 e. The molecule has 0 aliphatic carbocycles. The number of amides is 1. The molecule has 3 aromatic carbocycles. The summed E-state index contributed by atoms with van der Waals surface area (Å²) in [5.41, 5.74) is 5.17. The Bertz CT molecular complexity index is 1240. The van der Waals surface area contributed by atoms with E-state index in [1.165, 1.54) is 17.0 Å². The molecule has 0 aliphatic heterocycles. The van der Waals surface area contributed by atoms with Gasteiger partial charge in [-0.1, -0.05) is 48.2 Å². The van der Waals surface area contributed by atoms with Crippen LogP contribution in [0, 0.1) is 10.1 Å². The summed E-state index contributed by atoms with van der Waals surface area (Å²) in [5.74, 6) is 0.359. The molecule has 1 aromatic heterocycles. The van der Waals surface area contributed by atoms with Gasteiger partial charge in [-0.15, -0.1) is 11.3 Å². The predicted octanol–water partition coefficient (Wildman–Crippen LogP) is 5.26. The first-order chi connectivity index (χ1) is 15.1. The Morgan fingerprint density at radius 2 is 1.84 bits per heavy atom. The molecule has 0 bridgehead atoms. The number of hydrogen-bond donors (Lipinski definition) is 1. The van der Waals surface area contributed by atoms with Gasteiger partial charge in [-0.2, -0.15) is 5.10 Å². The van der Waals surface area contributed by atoms with E-state index in [1.54, 1.807) is 53.4 Å². The second-order valence-corrected chi connectivity index (χ2v) is 8.70. The molecule has 9 heteroatoms. The standard InChI is InChI=1S/C22H16N4O3S2/c27-21(25-23-13-17-5-1-3-7-19(17)26(28)29)16-11-9-15(10-12-16)14-30-22-24-18-6-2-4-8-20(18)31-22/h1-13H,14H2,(H,25,27)/b23-13+. The van der Waals surface area contributed by atoms with Crippen molar-refractivity contribution in [2.24, 2.45) is 5.10 Å². The molecular formula is C22H16N4O3S2. The first kappa shape index (κ1) is 20.7. The Morgan fingerprint density at radius 3 is 2.61 bits per heavy atom. The highest BCUT2D eigenvalue weighted by Crippen LogP contribution is 2.31. The molecule has 31 heavy (non-hydrogen) atoms. The molecule has 1 N–H and O–H groups in total. The number of para-hydroxylation sites is 2. The molecule has 1 heterocycles. The average Bonchev–Trinajstić information content (AvgIpc) is 3.21. The molecule has 0 saturated carbocycles. The van der Waals surface area contributed by atoms with Gasteiger partial charge in [-0.25, -0.2) is 10.4 Å². The lowest BCUT2D eigenvalue weighted by molar-refractivity contribution is -0.385. The lowest BCUT2D eigenvalue weighted by Gasteiger charge is -2.03. The van der Waals surface area contributed by atoms with Crippen molar-refractivity contribution >= 4 is 51.1 Å². The highest BCUT2D eigenvalue weighted by atomic mass is 32.2. The maximum atomic E-state index is 12.3. The van der Waals surface area contributed by atoms with Gasteiger partial charge < -0.3 is 0 Å². The van der Waals surface area contributed by atoms with Gasteiger partial charge in [-0.3, -0.25) is 14.9 Å². The van der Waals surface area contributed by atoms with E-state index in [4.69, 9.17) is 0 Å². The highest BCUT2D eigenvalue weighted by Gasteiger charge is 2.10. The van der Waals surface area contributed by atoms with Crippen molar-refractivity contribution in [2.45, 2.75) is 10.1 Å². The van der Waals surface area contributed by atoms with Crippen LogP contribution >= 0.6 is 23.1 Å². The number of nitrogens with zero attached hydrogens (tertiary/aromatic N) is 3. The van der Waals surface area contributed by atoms with E-state index in [-0.39, 0.29) is 11.6 Å². The number of hydrogen-bond acceptors (Lipinski definition) is 7. The zero-order chi connectivity index (χ0) is 21.6. The van der Waals surface area contributed by atoms with Gasteiger partial charge in [0.15, 0.2) is 4.34 Å². The van der Waals surface area contributed by atoms with Gasteiger partial charge in [0.25, 0.3) is 11.6 Å². The van der Waals surface area contributed by atoms with E-state index >= 15 is 0 Å². The van der Waals surface area contributed by atoms with Crippen molar-refractivity contribution in [3.05, 3.63) is 99.6 Å². The Morgan fingerprint density at radius 1 is 1.10 bits per heavy atom. The Kier molecular flexibility index (Phi) is 6.34. The van der Waals surface area contributed by atoms with Crippen molar-refractivity contribution in [1.29, 1.82) is 0 Å². The van der Waals surface area contributed by atoms with Crippen LogP contribution in [-0.2, 0) is 5.75 Å². The molecule has 0 fully saturated rings. The van der Waals surface area contributed by atoms with Gasteiger partial charge in [0.1, 0.15) is 0 Å². The fourth-order valence-corrected chi connectivity index (χ4v) is 4.82. The van der Waals surface area contributed by atoms with Crippen LogP contribution in [0.2, 0.25) is 0 Å². The van der Waals surface area contributed by atoms with Crippen LogP contribution in [0.15, 0.2) is 82.2 Å². The van der Waals surface area contributed by atoms with Gasteiger partial charge in [-0.05, 0) is 35.9 Å². The fourth-order valence-electron chi connectivity index (χ4n) is 2.80. The largest absolute Gasteiger partial charge is 0.278 e. The Labute approximate surface area is 186 Å². The van der Waals surface area contributed by atoms with Crippen molar-refractivity contribution in [3.63, 3.8) is 0 Å². The number of thiazole rings is 1. The fraction of sp³-hybridized carbons (Fsp3) is 0.0455. The van der Waals surface area contributed by atoms with E-state index in [0.29, 0.717) is 11.1 Å². The Balaban J connectivity index is 1.34. The van der Waals surface area contributed by atoms with E-state index in [0.717, 1.165) is 21.2 Å². The minimum absolute atomic E-state index is 0.0736. The van der Waals surface area contributed by atoms with Crippen LogP contribution < -0.4 is 5.43 Å². The zero-order valence-electron chi connectivity index (χ0n) is 16.1. The van der Waals surface area contributed by atoms with Gasteiger partial charge in [0.05, 0.1) is 26.9 Å². The molecule has 0 spiro atoms. The second kappa shape index (κ2) is 9.50. The van der Waals surface area contributed by atoms with Crippen molar-refractivity contribution < 1.29 is 9.72 Å².